The third kappa shape index (κ3) is 2.46. The minimum absolute atomic E-state index is 0.118. The number of amides is 2. The number of urea groups is 1. The van der Waals surface area contributed by atoms with E-state index in [-0.39, 0.29) is 11.3 Å². The van der Waals surface area contributed by atoms with E-state index in [4.69, 9.17) is 10.2 Å². The van der Waals surface area contributed by atoms with E-state index in [0.717, 1.165) is 0 Å². The van der Waals surface area contributed by atoms with Gasteiger partial charge in [-0.15, -0.1) is 0 Å². The monoisotopic (exact) mass is 294 g/mol. The Balaban J connectivity index is 1.70. The number of fused-ring (bicyclic) bond motifs is 1. The van der Waals surface area contributed by atoms with Gasteiger partial charge >= 0.3 is 6.03 Å². The third-order valence-electron chi connectivity index (χ3n) is 3.08. The second-order valence-electron chi connectivity index (χ2n) is 4.48. The summed E-state index contributed by atoms with van der Waals surface area (Å²) in [5, 5.41) is 2.87. The van der Waals surface area contributed by atoms with Gasteiger partial charge in [-0.1, -0.05) is 0 Å². The van der Waals surface area contributed by atoms with Gasteiger partial charge in [0, 0.05) is 25.3 Å². The van der Waals surface area contributed by atoms with Crippen molar-refractivity contribution in [2.24, 2.45) is 0 Å². The summed E-state index contributed by atoms with van der Waals surface area (Å²) < 4.78 is 17.6. The standard InChI is InChI=1S/C12H14N4O3S/c13-8-1-2-10-9(7-8)15-12(19-10)20(18)6-5-16-4-3-14-11(16)17/h1-2,7H,3-6,13H2,(H,14,17). The average molecular weight is 294 g/mol. The largest absolute Gasteiger partial charge is 0.430 e. The number of nitrogens with one attached hydrogen (secondary N) is 1. The van der Waals surface area contributed by atoms with E-state index in [1.165, 1.54) is 0 Å². The Morgan fingerprint density at radius 3 is 3.10 bits per heavy atom. The van der Waals surface area contributed by atoms with Gasteiger partial charge in [0.05, 0.1) is 5.75 Å². The smallest absolute Gasteiger partial charge is 0.317 e. The van der Waals surface area contributed by atoms with Gasteiger partial charge in [-0.3, -0.25) is 0 Å². The van der Waals surface area contributed by atoms with Crippen LogP contribution in [0, 0.1) is 0 Å². The molecule has 2 heterocycles. The first-order valence-electron chi connectivity index (χ1n) is 6.21. The van der Waals surface area contributed by atoms with Crippen LogP contribution in [0.4, 0.5) is 10.5 Å². The summed E-state index contributed by atoms with van der Waals surface area (Å²) in [5.74, 6) is 0.301. The van der Waals surface area contributed by atoms with Crippen molar-refractivity contribution in [1.29, 1.82) is 0 Å². The molecule has 2 amide bonds. The van der Waals surface area contributed by atoms with Gasteiger partial charge in [0.25, 0.3) is 5.22 Å². The molecular formula is C12H14N4O3S. The van der Waals surface area contributed by atoms with Crippen molar-refractivity contribution < 1.29 is 13.4 Å². The maximum absolute atomic E-state index is 12.1. The molecule has 0 bridgehead atoms. The molecule has 1 aliphatic rings. The summed E-state index contributed by atoms with van der Waals surface area (Å²) in [4.78, 5) is 17.2. The van der Waals surface area contributed by atoms with Crippen molar-refractivity contribution in [2.45, 2.75) is 5.22 Å². The normalized spacial score (nSPS) is 16.6. The fraction of sp³-hybridized carbons (Fsp3) is 0.333. The molecule has 1 saturated heterocycles. The Hall–Kier alpha value is -2.09. The van der Waals surface area contributed by atoms with Crippen molar-refractivity contribution in [2.75, 3.05) is 31.1 Å². The molecule has 7 nitrogen and oxygen atoms in total. The minimum atomic E-state index is -1.37. The van der Waals surface area contributed by atoms with E-state index in [1.54, 1.807) is 23.1 Å². The molecular weight excluding hydrogens is 280 g/mol. The van der Waals surface area contributed by atoms with Gasteiger partial charge in [0.2, 0.25) is 0 Å². The number of aromatic nitrogens is 1. The predicted molar refractivity (Wildman–Crippen MR) is 74.7 cm³/mol. The molecule has 1 unspecified atom stereocenters. The molecule has 1 aromatic heterocycles. The molecule has 1 aromatic carbocycles. The fourth-order valence-electron chi connectivity index (χ4n) is 2.03. The zero-order valence-electron chi connectivity index (χ0n) is 10.7. The van der Waals surface area contributed by atoms with Crippen LogP contribution in [0.5, 0.6) is 0 Å². The van der Waals surface area contributed by atoms with Gasteiger partial charge in [-0.2, -0.15) is 0 Å². The number of benzene rings is 1. The van der Waals surface area contributed by atoms with Crippen LogP contribution < -0.4 is 11.1 Å². The van der Waals surface area contributed by atoms with Gasteiger partial charge in [-0.05, 0) is 18.2 Å². The van der Waals surface area contributed by atoms with Crippen LogP contribution in [0.15, 0.2) is 27.8 Å². The van der Waals surface area contributed by atoms with Crippen LogP contribution in [-0.2, 0) is 10.8 Å². The number of hydrogen-bond donors (Lipinski definition) is 2. The van der Waals surface area contributed by atoms with Gasteiger partial charge < -0.3 is 20.4 Å². The molecule has 0 saturated carbocycles. The molecule has 1 fully saturated rings. The lowest BCUT2D eigenvalue weighted by molar-refractivity contribution is 0.220. The summed E-state index contributed by atoms with van der Waals surface area (Å²) in [5.41, 5.74) is 7.38. The zero-order chi connectivity index (χ0) is 14.1. The van der Waals surface area contributed by atoms with E-state index in [2.05, 4.69) is 10.3 Å². The van der Waals surface area contributed by atoms with Crippen LogP contribution >= 0.6 is 0 Å². The Labute approximate surface area is 117 Å². The topological polar surface area (TPSA) is 101 Å². The van der Waals surface area contributed by atoms with E-state index in [9.17, 15) is 9.00 Å². The van der Waals surface area contributed by atoms with Crippen LogP contribution in [0.3, 0.4) is 0 Å². The summed E-state index contributed by atoms with van der Waals surface area (Å²) in [7, 11) is -1.37. The maximum Gasteiger partial charge on any atom is 0.317 e. The first-order valence-corrected chi connectivity index (χ1v) is 7.52. The molecule has 0 spiro atoms. The van der Waals surface area contributed by atoms with Crippen molar-refractivity contribution in [3.05, 3.63) is 18.2 Å². The highest BCUT2D eigenvalue weighted by Gasteiger charge is 2.21. The van der Waals surface area contributed by atoms with Crippen molar-refractivity contribution in [1.82, 2.24) is 15.2 Å². The summed E-state index contributed by atoms with van der Waals surface area (Å²) in [6.45, 7) is 1.69. The molecule has 8 heteroatoms. The molecule has 0 radical (unpaired) electrons. The lowest BCUT2D eigenvalue weighted by Crippen LogP contribution is -2.31. The molecule has 106 valence electrons. The second kappa shape index (κ2) is 5.12. The molecule has 1 atom stereocenters. The summed E-state index contributed by atoms with van der Waals surface area (Å²) in [6.07, 6.45) is 0. The number of anilines is 1. The van der Waals surface area contributed by atoms with Gasteiger partial charge in [0.1, 0.15) is 16.3 Å². The molecule has 20 heavy (non-hydrogen) atoms. The third-order valence-corrected chi connectivity index (χ3v) is 4.20. The fourth-order valence-corrected chi connectivity index (χ4v) is 2.97. The number of rotatable bonds is 4. The first kappa shape index (κ1) is 12.9. The molecule has 1 aliphatic heterocycles. The Morgan fingerprint density at radius 2 is 2.35 bits per heavy atom. The number of nitrogens with two attached hydrogens (primary N) is 1. The highest BCUT2D eigenvalue weighted by molar-refractivity contribution is 7.84. The SMILES string of the molecule is Nc1ccc2oc(S(=O)CCN3CCNC3=O)nc2c1. The quantitative estimate of drug-likeness (QED) is 0.802. The zero-order valence-corrected chi connectivity index (χ0v) is 11.5. The first-order chi connectivity index (χ1) is 9.63. The maximum atomic E-state index is 12.1. The van der Waals surface area contributed by atoms with Crippen molar-refractivity contribution in [3.8, 4) is 0 Å². The Bertz CT molecular complexity index is 684. The van der Waals surface area contributed by atoms with Crippen LogP contribution in [0.1, 0.15) is 0 Å². The van der Waals surface area contributed by atoms with Gasteiger partial charge in [0.15, 0.2) is 5.58 Å². The van der Waals surface area contributed by atoms with Crippen LogP contribution in [0.25, 0.3) is 11.1 Å². The Morgan fingerprint density at radius 1 is 1.50 bits per heavy atom. The molecule has 3 N–H and O–H groups in total. The van der Waals surface area contributed by atoms with E-state index < -0.39 is 10.8 Å². The molecule has 2 aromatic rings. The van der Waals surface area contributed by atoms with Gasteiger partial charge in [-0.25, -0.2) is 14.0 Å². The Kier molecular flexibility index (Phi) is 3.31. The predicted octanol–water partition coefficient (Wildman–Crippen LogP) is 0.543. The number of carbonyl (C=O) groups is 1. The summed E-state index contributed by atoms with van der Waals surface area (Å²) in [6, 6.07) is 4.96. The van der Waals surface area contributed by atoms with E-state index >= 15 is 0 Å². The lowest BCUT2D eigenvalue weighted by Gasteiger charge is -2.12. The van der Waals surface area contributed by atoms with Crippen molar-refractivity contribution in [3.63, 3.8) is 0 Å². The second-order valence-corrected chi connectivity index (χ2v) is 5.92. The van der Waals surface area contributed by atoms with E-state index in [0.29, 0.717) is 42.2 Å². The number of oxazole rings is 1. The number of carbonyl (C=O) groups excluding carboxylic acids is 1. The minimum Gasteiger partial charge on any atom is -0.430 e. The molecule has 3 rings (SSSR count). The van der Waals surface area contributed by atoms with E-state index in [1.807, 2.05) is 0 Å². The highest BCUT2D eigenvalue weighted by atomic mass is 32.2. The highest BCUT2D eigenvalue weighted by Crippen LogP contribution is 2.20. The average Bonchev–Trinajstić information content (AvgIpc) is 3.01. The van der Waals surface area contributed by atoms with Crippen molar-refractivity contribution >= 4 is 33.6 Å². The summed E-state index contributed by atoms with van der Waals surface area (Å²) >= 11 is 0. The number of nitrogens with zero attached hydrogens (tertiary/aromatic N) is 2. The number of nitrogen functional groups attached to an aromatic ring is 1. The lowest BCUT2D eigenvalue weighted by atomic mass is 10.3. The van der Waals surface area contributed by atoms with Crippen LogP contribution in [-0.4, -0.2) is 45.5 Å². The van der Waals surface area contributed by atoms with Crippen LogP contribution in [0.2, 0.25) is 0 Å². The number of hydrogen-bond acceptors (Lipinski definition) is 5. The molecule has 0 aliphatic carbocycles.